The Bertz CT molecular complexity index is 198. The molecule has 1 saturated heterocycles. The van der Waals surface area contributed by atoms with Gasteiger partial charge in [0.25, 0.3) is 0 Å². The number of urea groups is 1. The summed E-state index contributed by atoms with van der Waals surface area (Å²) in [5.41, 5.74) is 5.29. The van der Waals surface area contributed by atoms with Crippen LogP contribution < -0.4 is 16.4 Å². The van der Waals surface area contributed by atoms with E-state index in [-0.39, 0.29) is 6.03 Å². The van der Waals surface area contributed by atoms with Gasteiger partial charge in [-0.15, -0.1) is 0 Å². The van der Waals surface area contributed by atoms with Crippen LogP contribution in [0.15, 0.2) is 0 Å². The predicted octanol–water partition coefficient (Wildman–Crippen LogP) is -0.271. The first kappa shape index (κ1) is 12.3. The molecule has 15 heavy (non-hydrogen) atoms. The van der Waals surface area contributed by atoms with Crippen molar-refractivity contribution in [3.63, 3.8) is 0 Å². The second-order valence-electron chi connectivity index (χ2n) is 4.06. The van der Waals surface area contributed by atoms with Gasteiger partial charge >= 0.3 is 6.03 Å². The first-order valence-corrected chi connectivity index (χ1v) is 5.66. The van der Waals surface area contributed by atoms with Crippen molar-refractivity contribution >= 4 is 6.03 Å². The summed E-state index contributed by atoms with van der Waals surface area (Å²) >= 11 is 0. The fraction of sp³-hybridized carbons (Fsp3) is 0.900. The highest BCUT2D eigenvalue weighted by atomic mass is 16.2. The van der Waals surface area contributed by atoms with Crippen LogP contribution in [0.2, 0.25) is 0 Å². The van der Waals surface area contributed by atoms with E-state index in [4.69, 9.17) is 5.73 Å². The van der Waals surface area contributed by atoms with Gasteiger partial charge in [0.15, 0.2) is 0 Å². The van der Waals surface area contributed by atoms with Gasteiger partial charge in [-0.1, -0.05) is 6.42 Å². The highest BCUT2D eigenvalue weighted by molar-refractivity contribution is 5.73. The molecule has 1 aliphatic heterocycles. The molecule has 4 N–H and O–H groups in total. The lowest BCUT2D eigenvalue weighted by Crippen LogP contribution is -2.47. The van der Waals surface area contributed by atoms with Crippen molar-refractivity contribution in [1.29, 1.82) is 0 Å². The van der Waals surface area contributed by atoms with Crippen LogP contribution in [0.5, 0.6) is 0 Å². The molecular weight excluding hydrogens is 192 g/mol. The first-order chi connectivity index (χ1) is 7.24. The number of amides is 2. The van der Waals surface area contributed by atoms with E-state index in [1.54, 1.807) is 0 Å². The first-order valence-electron chi connectivity index (χ1n) is 5.66. The molecule has 0 bridgehead atoms. The zero-order chi connectivity index (χ0) is 11.1. The molecule has 1 rings (SSSR count). The molecule has 0 aromatic carbocycles. The number of carbonyl (C=O) groups excluding carboxylic acids is 1. The summed E-state index contributed by atoms with van der Waals surface area (Å²) in [5, 5.41) is 5.56. The van der Waals surface area contributed by atoms with Gasteiger partial charge in [0.05, 0.1) is 0 Å². The summed E-state index contributed by atoms with van der Waals surface area (Å²) < 4.78 is 0. The molecule has 0 aromatic rings. The van der Waals surface area contributed by atoms with Crippen molar-refractivity contribution in [2.45, 2.75) is 25.3 Å². The molecule has 5 heteroatoms. The number of hydrogen-bond acceptors (Lipinski definition) is 3. The minimum atomic E-state index is -0.112. The van der Waals surface area contributed by atoms with E-state index in [1.807, 2.05) is 0 Å². The summed E-state index contributed by atoms with van der Waals surface area (Å²) in [4.78, 5) is 13.6. The highest BCUT2D eigenvalue weighted by Gasteiger charge is 2.18. The van der Waals surface area contributed by atoms with Crippen LogP contribution in [0, 0.1) is 0 Å². The monoisotopic (exact) mass is 214 g/mol. The molecule has 5 nitrogen and oxygen atoms in total. The van der Waals surface area contributed by atoms with Crippen LogP contribution in [-0.4, -0.2) is 50.2 Å². The maximum atomic E-state index is 11.3. The topological polar surface area (TPSA) is 70.4 Å². The maximum absolute atomic E-state index is 11.3. The largest absolute Gasteiger partial charge is 0.337 e. The lowest BCUT2D eigenvalue weighted by Gasteiger charge is -2.32. The summed E-state index contributed by atoms with van der Waals surface area (Å²) in [6.45, 7) is 2.88. The molecule has 0 aromatic heterocycles. The molecular formula is C10H22N4O. The number of nitrogens with zero attached hydrogens (tertiary/aromatic N) is 1. The quantitative estimate of drug-likeness (QED) is 0.603. The van der Waals surface area contributed by atoms with E-state index in [1.165, 1.54) is 19.3 Å². The number of rotatable bonds is 4. The fourth-order valence-electron chi connectivity index (χ4n) is 1.86. The Morgan fingerprint density at radius 1 is 1.47 bits per heavy atom. The minimum Gasteiger partial charge on any atom is -0.337 e. The van der Waals surface area contributed by atoms with Crippen molar-refractivity contribution < 1.29 is 4.79 Å². The van der Waals surface area contributed by atoms with Gasteiger partial charge in [0.1, 0.15) is 0 Å². The van der Waals surface area contributed by atoms with Crippen LogP contribution >= 0.6 is 0 Å². The normalized spacial score (nSPS) is 22.4. The summed E-state index contributed by atoms with van der Waals surface area (Å²) in [6, 6.07) is 0.377. The van der Waals surface area contributed by atoms with Crippen molar-refractivity contribution in [2.24, 2.45) is 5.73 Å². The van der Waals surface area contributed by atoms with Crippen LogP contribution in [0.25, 0.3) is 0 Å². The fourth-order valence-corrected chi connectivity index (χ4v) is 1.86. The van der Waals surface area contributed by atoms with Gasteiger partial charge in [-0.05, 0) is 26.4 Å². The third kappa shape index (κ3) is 4.48. The molecule has 0 saturated carbocycles. The second-order valence-corrected chi connectivity index (χ2v) is 4.06. The Morgan fingerprint density at radius 2 is 2.27 bits per heavy atom. The van der Waals surface area contributed by atoms with E-state index < -0.39 is 0 Å². The van der Waals surface area contributed by atoms with E-state index in [0.717, 1.165) is 13.1 Å². The van der Waals surface area contributed by atoms with Gasteiger partial charge in [-0.25, -0.2) is 4.79 Å². The average Bonchev–Trinajstić information content (AvgIpc) is 2.25. The van der Waals surface area contributed by atoms with Crippen molar-refractivity contribution in [3.8, 4) is 0 Å². The number of piperidine rings is 1. The average molecular weight is 214 g/mol. The molecule has 1 fully saturated rings. The highest BCUT2D eigenvalue weighted by Crippen LogP contribution is 2.13. The number of nitrogens with one attached hydrogen (secondary N) is 2. The predicted molar refractivity (Wildman–Crippen MR) is 60.7 cm³/mol. The van der Waals surface area contributed by atoms with Gasteiger partial charge in [0.2, 0.25) is 0 Å². The molecule has 1 heterocycles. The Labute approximate surface area is 91.4 Å². The Balaban J connectivity index is 2.14. The molecule has 0 aliphatic carbocycles. The van der Waals surface area contributed by atoms with E-state index in [2.05, 4.69) is 22.6 Å². The lowest BCUT2D eigenvalue weighted by molar-refractivity contribution is 0.180. The number of likely N-dealkylation sites (N-methyl/N-ethyl adjacent to an activating group) is 1. The third-order valence-corrected chi connectivity index (χ3v) is 2.85. The van der Waals surface area contributed by atoms with Gasteiger partial charge in [-0.3, -0.25) is 0 Å². The zero-order valence-corrected chi connectivity index (χ0v) is 9.46. The third-order valence-electron chi connectivity index (χ3n) is 2.85. The number of hydrogen-bond donors (Lipinski definition) is 3. The van der Waals surface area contributed by atoms with Crippen LogP contribution in [0.4, 0.5) is 4.79 Å². The SMILES string of the molecule is CN1CCCCC1CNC(=O)NCCN. The molecule has 2 amide bonds. The Hall–Kier alpha value is -0.810. The summed E-state index contributed by atoms with van der Waals surface area (Å²) in [6.07, 6.45) is 3.71. The van der Waals surface area contributed by atoms with Crippen molar-refractivity contribution in [3.05, 3.63) is 0 Å². The van der Waals surface area contributed by atoms with Gasteiger partial charge in [0, 0.05) is 25.7 Å². The molecule has 88 valence electrons. The van der Waals surface area contributed by atoms with Crippen LogP contribution in [0.1, 0.15) is 19.3 Å². The summed E-state index contributed by atoms with van der Waals surface area (Å²) in [7, 11) is 2.11. The molecule has 1 atom stereocenters. The molecule has 0 radical (unpaired) electrons. The number of likely N-dealkylation sites (tertiary alicyclic amines) is 1. The van der Waals surface area contributed by atoms with Gasteiger partial charge < -0.3 is 21.3 Å². The van der Waals surface area contributed by atoms with Crippen LogP contribution in [0.3, 0.4) is 0 Å². The standard InChI is InChI=1S/C10H22N4O/c1-14-7-3-2-4-9(14)8-13-10(15)12-6-5-11/h9H,2-8,11H2,1H3,(H2,12,13,15). The van der Waals surface area contributed by atoms with Crippen LogP contribution in [-0.2, 0) is 0 Å². The van der Waals surface area contributed by atoms with Crippen molar-refractivity contribution in [1.82, 2.24) is 15.5 Å². The summed E-state index contributed by atoms with van der Waals surface area (Å²) in [5.74, 6) is 0. The molecule has 1 aliphatic rings. The molecule has 1 unspecified atom stereocenters. The Kier molecular flexibility index (Phi) is 5.42. The number of carbonyl (C=O) groups is 1. The second kappa shape index (κ2) is 6.63. The maximum Gasteiger partial charge on any atom is 0.314 e. The Morgan fingerprint density at radius 3 is 2.93 bits per heavy atom. The number of nitrogens with two attached hydrogens (primary N) is 1. The van der Waals surface area contributed by atoms with E-state index in [9.17, 15) is 4.79 Å². The van der Waals surface area contributed by atoms with E-state index >= 15 is 0 Å². The molecule has 0 spiro atoms. The van der Waals surface area contributed by atoms with Gasteiger partial charge in [-0.2, -0.15) is 0 Å². The zero-order valence-electron chi connectivity index (χ0n) is 9.46. The smallest absolute Gasteiger partial charge is 0.314 e. The minimum absolute atomic E-state index is 0.112. The lowest BCUT2D eigenvalue weighted by atomic mass is 10.0. The van der Waals surface area contributed by atoms with E-state index in [0.29, 0.717) is 19.1 Å². The van der Waals surface area contributed by atoms with Crippen molar-refractivity contribution in [2.75, 3.05) is 33.2 Å².